The zero-order valence-corrected chi connectivity index (χ0v) is 12.7. The Hall–Kier alpha value is -2.33. The summed E-state index contributed by atoms with van der Waals surface area (Å²) in [6.45, 7) is 2.09. The van der Waals surface area contributed by atoms with E-state index in [1.807, 2.05) is 18.2 Å². The van der Waals surface area contributed by atoms with Crippen LogP contribution in [0.2, 0.25) is 5.02 Å². The number of aldehydes is 1. The number of amides is 1. The van der Waals surface area contributed by atoms with E-state index in [9.17, 15) is 9.59 Å². The number of fused-ring (bicyclic) bond motifs is 1. The SMILES string of the molecule is CC1Oc2ccc(C=O)cc2N(Cc2cccc(Cl)c2)C1=O. The van der Waals surface area contributed by atoms with Crippen LogP contribution in [0.25, 0.3) is 0 Å². The lowest BCUT2D eigenvalue weighted by Crippen LogP contribution is -2.44. The fraction of sp³-hybridized carbons (Fsp3) is 0.176. The highest BCUT2D eigenvalue weighted by Crippen LogP contribution is 2.35. The summed E-state index contributed by atoms with van der Waals surface area (Å²) in [6.07, 6.45) is 0.189. The van der Waals surface area contributed by atoms with E-state index in [4.69, 9.17) is 16.3 Å². The Kier molecular flexibility index (Phi) is 3.86. The van der Waals surface area contributed by atoms with Crippen LogP contribution in [0.4, 0.5) is 5.69 Å². The summed E-state index contributed by atoms with van der Waals surface area (Å²) in [7, 11) is 0. The molecule has 2 aromatic rings. The van der Waals surface area contributed by atoms with Gasteiger partial charge in [0, 0.05) is 10.6 Å². The molecule has 0 aliphatic carbocycles. The first-order valence-corrected chi connectivity index (χ1v) is 7.28. The Morgan fingerprint density at radius 1 is 1.27 bits per heavy atom. The van der Waals surface area contributed by atoms with Crippen LogP contribution in [0.15, 0.2) is 42.5 Å². The minimum Gasteiger partial charge on any atom is -0.479 e. The average Bonchev–Trinajstić information content (AvgIpc) is 2.51. The van der Waals surface area contributed by atoms with Gasteiger partial charge in [-0.05, 0) is 42.8 Å². The summed E-state index contributed by atoms with van der Waals surface area (Å²) in [6, 6.07) is 12.4. The van der Waals surface area contributed by atoms with Crippen LogP contribution in [-0.4, -0.2) is 18.3 Å². The van der Waals surface area contributed by atoms with Gasteiger partial charge in [0.05, 0.1) is 12.2 Å². The zero-order valence-electron chi connectivity index (χ0n) is 12.0. The first-order chi connectivity index (χ1) is 10.6. The number of rotatable bonds is 3. The normalized spacial score (nSPS) is 16.9. The molecule has 0 fully saturated rings. The summed E-state index contributed by atoms with van der Waals surface area (Å²) in [5.74, 6) is 0.454. The molecule has 3 rings (SSSR count). The molecule has 0 radical (unpaired) electrons. The number of nitrogens with zero attached hydrogens (tertiary/aromatic N) is 1. The Morgan fingerprint density at radius 2 is 2.09 bits per heavy atom. The van der Waals surface area contributed by atoms with Crippen molar-refractivity contribution in [3.05, 3.63) is 58.6 Å². The van der Waals surface area contributed by atoms with Crippen molar-refractivity contribution >= 4 is 29.5 Å². The number of ether oxygens (including phenoxy) is 1. The second-order valence-electron chi connectivity index (χ2n) is 5.16. The van der Waals surface area contributed by atoms with E-state index in [1.165, 1.54) is 0 Å². The number of halogens is 1. The van der Waals surface area contributed by atoms with Crippen molar-refractivity contribution in [2.24, 2.45) is 0 Å². The van der Waals surface area contributed by atoms with Crippen molar-refractivity contribution in [3.8, 4) is 5.75 Å². The highest BCUT2D eigenvalue weighted by Gasteiger charge is 2.31. The second kappa shape index (κ2) is 5.81. The molecule has 1 unspecified atom stereocenters. The molecule has 0 bridgehead atoms. The van der Waals surface area contributed by atoms with Crippen LogP contribution < -0.4 is 9.64 Å². The topological polar surface area (TPSA) is 46.6 Å². The highest BCUT2D eigenvalue weighted by atomic mass is 35.5. The maximum Gasteiger partial charge on any atom is 0.268 e. The molecule has 4 nitrogen and oxygen atoms in total. The first kappa shape index (κ1) is 14.6. The molecular formula is C17H14ClNO3. The zero-order chi connectivity index (χ0) is 15.7. The van der Waals surface area contributed by atoms with Gasteiger partial charge in [-0.25, -0.2) is 0 Å². The molecule has 0 spiro atoms. The molecule has 0 saturated carbocycles. The molecule has 1 aliphatic heterocycles. The smallest absolute Gasteiger partial charge is 0.268 e. The summed E-state index contributed by atoms with van der Waals surface area (Å²) in [5.41, 5.74) is 2.02. The molecule has 0 saturated heterocycles. The molecular weight excluding hydrogens is 302 g/mol. The van der Waals surface area contributed by atoms with Gasteiger partial charge >= 0.3 is 0 Å². The van der Waals surface area contributed by atoms with E-state index in [1.54, 1.807) is 36.1 Å². The van der Waals surface area contributed by atoms with Crippen molar-refractivity contribution in [2.45, 2.75) is 19.6 Å². The molecule has 112 valence electrons. The Labute approximate surface area is 133 Å². The van der Waals surface area contributed by atoms with Crippen molar-refractivity contribution in [1.82, 2.24) is 0 Å². The van der Waals surface area contributed by atoms with Gasteiger partial charge in [-0.15, -0.1) is 0 Å². The third-order valence-electron chi connectivity index (χ3n) is 3.56. The van der Waals surface area contributed by atoms with Gasteiger partial charge in [-0.2, -0.15) is 0 Å². The maximum absolute atomic E-state index is 12.5. The van der Waals surface area contributed by atoms with Crippen LogP contribution in [0.5, 0.6) is 5.75 Å². The summed E-state index contributed by atoms with van der Waals surface area (Å²) in [4.78, 5) is 25.1. The van der Waals surface area contributed by atoms with Gasteiger partial charge in [-0.1, -0.05) is 23.7 Å². The van der Waals surface area contributed by atoms with E-state index < -0.39 is 6.10 Å². The minimum absolute atomic E-state index is 0.143. The van der Waals surface area contributed by atoms with Crippen molar-refractivity contribution in [3.63, 3.8) is 0 Å². The van der Waals surface area contributed by atoms with E-state index in [0.29, 0.717) is 28.6 Å². The van der Waals surface area contributed by atoms with Gasteiger partial charge in [0.2, 0.25) is 0 Å². The number of benzene rings is 2. The van der Waals surface area contributed by atoms with E-state index in [0.717, 1.165) is 11.8 Å². The van der Waals surface area contributed by atoms with Gasteiger partial charge in [0.25, 0.3) is 5.91 Å². The van der Waals surface area contributed by atoms with Gasteiger partial charge in [-0.3, -0.25) is 9.59 Å². The highest BCUT2D eigenvalue weighted by molar-refractivity contribution is 6.30. The van der Waals surface area contributed by atoms with Crippen LogP contribution in [0, 0.1) is 0 Å². The Bertz CT molecular complexity index is 744. The van der Waals surface area contributed by atoms with Gasteiger partial charge in [0.1, 0.15) is 12.0 Å². The van der Waals surface area contributed by atoms with Gasteiger partial charge < -0.3 is 9.64 Å². The molecule has 1 atom stereocenters. The molecule has 22 heavy (non-hydrogen) atoms. The quantitative estimate of drug-likeness (QED) is 0.815. The van der Waals surface area contributed by atoms with E-state index >= 15 is 0 Å². The monoisotopic (exact) mass is 315 g/mol. The average molecular weight is 316 g/mol. The maximum atomic E-state index is 12.5. The van der Waals surface area contributed by atoms with Crippen molar-refractivity contribution in [1.29, 1.82) is 0 Å². The predicted molar refractivity (Wildman–Crippen MR) is 84.6 cm³/mol. The summed E-state index contributed by atoms with van der Waals surface area (Å²) >= 11 is 6.00. The molecule has 2 aromatic carbocycles. The molecule has 1 heterocycles. The van der Waals surface area contributed by atoms with Gasteiger partial charge in [0.15, 0.2) is 6.10 Å². The van der Waals surface area contributed by atoms with Crippen LogP contribution in [0.1, 0.15) is 22.8 Å². The second-order valence-corrected chi connectivity index (χ2v) is 5.60. The molecule has 1 aliphatic rings. The third kappa shape index (κ3) is 2.70. The number of carbonyl (C=O) groups is 2. The first-order valence-electron chi connectivity index (χ1n) is 6.90. The lowest BCUT2D eigenvalue weighted by molar-refractivity contribution is -0.125. The number of carbonyl (C=O) groups excluding carboxylic acids is 2. The molecule has 1 amide bonds. The predicted octanol–water partition coefficient (Wildman–Crippen LogP) is 3.47. The van der Waals surface area contributed by atoms with Crippen molar-refractivity contribution in [2.75, 3.05) is 4.90 Å². The Morgan fingerprint density at radius 3 is 2.82 bits per heavy atom. The molecule has 0 N–H and O–H groups in total. The minimum atomic E-state index is -0.561. The lowest BCUT2D eigenvalue weighted by Gasteiger charge is -2.33. The number of hydrogen-bond acceptors (Lipinski definition) is 3. The fourth-order valence-corrected chi connectivity index (χ4v) is 2.69. The van der Waals surface area contributed by atoms with E-state index in [2.05, 4.69) is 0 Å². The van der Waals surface area contributed by atoms with Crippen molar-refractivity contribution < 1.29 is 14.3 Å². The molecule has 0 aromatic heterocycles. The molecule has 5 heteroatoms. The lowest BCUT2D eigenvalue weighted by atomic mass is 10.1. The number of anilines is 1. The summed E-state index contributed by atoms with van der Waals surface area (Å²) in [5, 5.41) is 0.619. The van der Waals surface area contributed by atoms with Crippen LogP contribution >= 0.6 is 11.6 Å². The fourth-order valence-electron chi connectivity index (χ4n) is 2.48. The standard InChI is InChI=1S/C17H14ClNO3/c1-11-17(21)19(9-12-3-2-4-14(18)7-12)15-8-13(10-20)5-6-16(15)22-11/h2-8,10-11H,9H2,1H3. The number of hydrogen-bond donors (Lipinski definition) is 0. The Balaban J connectivity index is 2.02. The van der Waals surface area contributed by atoms with Crippen LogP contribution in [-0.2, 0) is 11.3 Å². The largest absolute Gasteiger partial charge is 0.479 e. The van der Waals surface area contributed by atoms with Crippen LogP contribution in [0.3, 0.4) is 0 Å². The third-order valence-corrected chi connectivity index (χ3v) is 3.79. The van der Waals surface area contributed by atoms with E-state index in [-0.39, 0.29) is 5.91 Å². The summed E-state index contributed by atoms with van der Waals surface area (Å²) < 4.78 is 5.60.